The second-order valence-electron chi connectivity index (χ2n) is 6.13. The van der Waals surface area contributed by atoms with Gasteiger partial charge in [0.15, 0.2) is 0 Å². The molecule has 0 aromatic rings. The van der Waals surface area contributed by atoms with E-state index in [1.807, 2.05) is 6.92 Å². The average Bonchev–Trinajstić information content (AvgIpc) is 2.49. The summed E-state index contributed by atoms with van der Waals surface area (Å²) in [4.78, 5) is 10.8. The van der Waals surface area contributed by atoms with Gasteiger partial charge in [0.05, 0.1) is 17.8 Å². The molecule has 0 aliphatic heterocycles. The van der Waals surface area contributed by atoms with Crippen LogP contribution in [0, 0.1) is 11.8 Å². The Hall–Kier alpha value is -1.67. The van der Waals surface area contributed by atoms with Crippen molar-refractivity contribution in [3.63, 3.8) is 0 Å². The molecule has 0 fully saturated rings. The lowest BCUT2D eigenvalue weighted by Crippen LogP contribution is -2.23. The van der Waals surface area contributed by atoms with E-state index < -0.39 is 17.8 Å². The lowest BCUT2D eigenvalue weighted by atomic mass is 10.0. The summed E-state index contributed by atoms with van der Waals surface area (Å²) in [6.45, 7) is 5.27. The van der Waals surface area contributed by atoms with Gasteiger partial charge in [0.25, 0.3) is 0 Å². The first-order valence-corrected chi connectivity index (χ1v) is 8.38. The zero-order valence-electron chi connectivity index (χ0n) is 14.9. The molecule has 4 heteroatoms. The number of hydrogen-bond acceptors (Lipinski definition) is 4. The molecule has 0 aromatic heterocycles. The van der Waals surface area contributed by atoms with Gasteiger partial charge < -0.3 is 20.1 Å². The molecule has 3 N–H and O–H groups in total. The van der Waals surface area contributed by atoms with Crippen molar-refractivity contribution in [3.05, 3.63) is 36.5 Å². The molecule has 0 saturated heterocycles. The molecule has 24 heavy (non-hydrogen) atoms. The lowest BCUT2D eigenvalue weighted by Gasteiger charge is -2.16. The number of ketones is 1. The topological polar surface area (TPSA) is 77.8 Å². The van der Waals surface area contributed by atoms with E-state index in [0.717, 1.165) is 6.42 Å². The minimum absolute atomic E-state index is 0.0824. The van der Waals surface area contributed by atoms with Gasteiger partial charge in [-0.25, -0.2) is 0 Å². The van der Waals surface area contributed by atoms with Crippen molar-refractivity contribution in [1.82, 2.24) is 0 Å². The number of Topliss-reactive ketones (excluding diaryl/α,β-unsaturated/α-hetero) is 1. The van der Waals surface area contributed by atoms with Crippen LogP contribution in [0.1, 0.15) is 52.9 Å². The Kier molecular flexibility index (Phi) is 11.8. The molecular weight excluding hydrogens is 304 g/mol. The van der Waals surface area contributed by atoms with Gasteiger partial charge in [0.2, 0.25) is 0 Å². The molecule has 0 spiro atoms. The summed E-state index contributed by atoms with van der Waals surface area (Å²) in [5, 5.41) is 29.4. The molecular formula is C20H30O4. The predicted molar refractivity (Wildman–Crippen MR) is 97.3 cm³/mol. The number of aliphatic hydroxyl groups is 3. The minimum atomic E-state index is -0.960. The summed E-state index contributed by atoms with van der Waals surface area (Å²) in [5.74, 6) is 5.67. The largest absolute Gasteiger partial charge is 0.390 e. The molecule has 0 aromatic carbocycles. The Morgan fingerprint density at radius 3 is 2.50 bits per heavy atom. The first kappa shape index (κ1) is 22.3. The minimum Gasteiger partial charge on any atom is -0.390 e. The molecule has 0 saturated carbocycles. The molecule has 0 rings (SSSR count). The van der Waals surface area contributed by atoms with E-state index >= 15 is 0 Å². The van der Waals surface area contributed by atoms with Gasteiger partial charge in [0.1, 0.15) is 5.78 Å². The highest BCUT2D eigenvalue weighted by atomic mass is 16.3. The quantitative estimate of drug-likeness (QED) is 0.424. The van der Waals surface area contributed by atoms with Crippen molar-refractivity contribution in [2.45, 2.75) is 70.7 Å². The van der Waals surface area contributed by atoms with Crippen molar-refractivity contribution in [3.8, 4) is 11.8 Å². The molecule has 4 nitrogen and oxygen atoms in total. The summed E-state index contributed by atoms with van der Waals surface area (Å²) in [7, 11) is 0. The van der Waals surface area contributed by atoms with E-state index in [-0.39, 0.29) is 5.78 Å². The van der Waals surface area contributed by atoms with Crippen LogP contribution < -0.4 is 0 Å². The normalized spacial score (nSPS) is 16.9. The molecule has 134 valence electrons. The van der Waals surface area contributed by atoms with E-state index in [1.54, 1.807) is 37.3 Å². The molecule has 0 aliphatic carbocycles. The summed E-state index contributed by atoms with van der Waals surface area (Å²) < 4.78 is 0. The summed E-state index contributed by atoms with van der Waals surface area (Å²) in [5.41, 5.74) is -0.824. The Morgan fingerprint density at radius 2 is 1.88 bits per heavy atom. The Labute approximate surface area is 145 Å². The third-order valence-electron chi connectivity index (χ3n) is 3.39. The van der Waals surface area contributed by atoms with Gasteiger partial charge in [0, 0.05) is 6.42 Å². The number of aliphatic hydroxyl groups excluding tert-OH is 2. The van der Waals surface area contributed by atoms with Crippen LogP contribution in [0.15, 0.2) is 36.5 Å². The fraction of sp³-hybridized carbons (Fsp3) is 0.550. The lowest BCUT2D eigenvalue weighted by molar-refractivity contribution is -0.117. The Balaban J connectivity index is 4.18. The number of carbonyl (C=O) groups excluding carboxylic acids is 1. The predicted octanol–water partition coefficient (Wildman–Crippen LogP) is 2.69. The average molecular weight is 334 g/mol. The van der Waals surface area contributed by atoms with E-state index in [4.69, 9.17) is 0 Å². The van der Waals surface area contributed by atoms with Crippen LogP contribution in [-0.2, 0) is 4.79 Å². The van der Waals surface area contributed by atoms with Crippen LogP contribution in [0.25, 0.3) is 0 Å². The van der Waals surface area contributed by atoms with E-state index in [9.17, 15) is 20.1 Å². The fourth-order valence-corrected chi connectivity index (χ4v) is 2.05. The Bertz CT molecular complexity index is 503. The van der Waals surface area contributed by atoms with Crippen molar-refractivity contribution in [1.29, 1.82) is 0 Å². The van der Waals surface area contributed by atoms with Crippen molar-refractivity contribution in [2.24, 2.45) is 0 Å². The number of hydrogen-bond donors (Lipinski definition) is 3. The maximum absolute atomic E-state index is 10.8. The van der Waals surface area contributed by atoms with E-state index in [2.05, 4.69) is 11.8 Å². The van der Waals surface area contributed by atoms with Gasteiger partial charge in [-0.15, -0.1) is 0 Å². The number of allylic oxidation sites excluding steroid dienone is 4. The SMILES string of the molecule is CCCC(C)(O)/C=C/C#C/C=C/C=C/[C@@H](O)[C@@H](O)CCCC(C)=O. The van der Waals surface area contributed by atoms with Crippen LogP contribution in [0.4, 0.5) is 0 Å². The number of carbonyl (C=O) groups is 1. The third kappa shape index (κ3) is 12.8. The maximum Gasteiger partial charge on any atom is 0.129 e. The van der Waals surface area contributed by atoms with Gasteiger partial charge in [-0.2, -0.15) is 0 Å². The zero-order chi connectivity index (χ0) is 18.4. The first-order valence-electron chi connectivity index (χ1n) is 8.38. The zero-order valence-corrected chi connectivity index (χ0v) is 14.9. The molecule has 0 amide bonds. The molecule has 0 bridgehead atoms. The van der Waals surface area contributed by atoms with Crippen LogP contribution in [0.5, 0.6) is 0 Å². The maximum atomic E-state index is 10.8. The van der Waals surface area contributed by atoms with E-state index in [0.29, 0.717) is 25.7 Å². The molecule has 0 heterocycles. The first-order chi connectivity index (χ1) is 11.3. The van der Waals surface area contributed by atoms with Crippen molar-refractivity contribution < 1.29 is 20.1 Å². The highest BCUT2D eigenvalue weighted by Gasteiger charge is 2.13. The smallest absolute Gasteiger partial charge is 0.129 e. The van der Waals surface area contributed by atoms with Crippen LogP contribution in [-0.4, -0.2) is 38.9 Å². The van der Waals surface area contributed by atoms with Crippen LogP contribution >= 0.6 is 0 Å². The van der Waals surface area contributed by atoms with Gasteiger partial charge in [-0.3, -0.25) is 0 Å². The second-order valence-corrected chi connectivity index (χ2v) is 6.13. The van der Waals surface area contributed by atoms with Crippen molar-refractivity contribution >= 4 is 5.78 Å². The molecule has 3 atom stereocenters. The van der Waals surface area contributed by atoms with Gasteiger partial charge in [-0.05, 0) is 51.3 Å². The van der Waals surface area contributed by atoms with Crippen LogP contribution in [0.2, 0.25) is 0 Å². The summed E-state index contributed by atoms with van der Waals surface area (Å²) in [6, 6.07) is 0. The highest BCUT2D eigenvalue weighted by molar-refractivity contribution is 5.75. The molecule has 0 aliphatic rings. The third-order valence-corrected chi connectivity index (χ3v) is 3.39. The molecule has 0 radical (unpaired) electrons. The monoisotopic (exact) mass is 334 g/mol. The van der Waals surface area contributed by atoms with Gasteiger partial charge >= 0.3 is 0 Å². The summed E-state index contributed by atoms with van der Waals surface area (Å²) >= 11 is 0. The number of rotatable bonds is 10. The fourth-order valence-electron chi connectivity index (χ4n) is 2.05. The Morgan fingerprint density at radius 1 is 1.21 bits per heavy atom. The standard InChI is InChI=1S/C20H30O4/c1-4-15-20(3,24)16-10-8-6-5-7-9-13-18(22)19(23)14-11-12-17(2)21/h5,7,9-10,13,16,18-19,22-24H,4,11-12,14-15H2,1-3H3/b7-5+,13-9+,16-10+/t18-,19+,20?/m1/s1. The summed E-state index contributed by atoms with van der Waals surface area (Å²) in [6.07, 6.45) is 10.8. The van der Waals surface area contributed by atoms with E-state index in [1.165, 1.54) is 13.0 Å². The van der Waals surface area contributed by atoms with Crippen LogP contribution in [0.3, 0.4) is 0 Å². The second kappa shape index (κ2) is 12.7. The highest BCUT2D eigenvalue weighted by Crippen LogP contribution is 2.12. The molecule has 1 unspecified atom stereocenters. The van der Waals surface area contributed by atoms with Gasteiger partial charge in [-0.1, -0.05) is 43.4 Å². The van der Waals surface area contributed by atoms with Crippen molar-refractivity contribution in [2.75, 3.05) is 0 Å².